The minimum absolute atomic E-state index is 0.0757. The van der Waals surface area contributed by atoms with E-state index in [1.165, 1.54) is 64.2 Å². The van der Waals surface area contributed by atoms with Crippen LogP contribution in [-0.2, 0) is 19.1 Å². The molecule has 0 spiro atoms. The Hall–Kier alpha value is -1.88. The van der Waals surface area contributed by atoms with Crippen LogP contribution in [0.4, 0.5) is 0 Å². The van der Waals surface area contributed by atoms with E-state index in [4.69, 9.17) is 9.47 Å². The maximum Gasteiger partial charge on any atom is 0.306 e. The lowest BCUT2D eigenvalue weighted by Gasteiger charge is -2.15. The lowest BCUT2D eigenvalue weighted by molar-refractivity contribution is -0.161. The monoisotopic (exact) mass is 562 g/mol. The lowest BCUT2D eigenvalue weighted by atomic mass is 10.1. The van der Waals surface area contributed by atoms with Gasteiger partial charge in [-0.1, -0.05) is 115 Å². The quantitative estimate of drug-likeness (QED) is 0.0558. The van der Waals surface area contributed by atoms with Gasteiger partial charge in [-0.3, -0.25) is 9.59 Å². The van der Waals surface area contributed by atoms with Crippen LogP contribution in [0.1, 0.15) is 155 Å². The van der Waals surface area contributed by atoms with Gasteiger partial charge in [0.15, 0.2) is 6.10 Å². The SMILES string of the molecule is CCCC/C=C/C/C=C/CCCCCCCC(=O)O[C@@H](CO)COC(=O)CCCCCCC/C=C/CCCCC. The fraction of sp³-hybridized carbons (Fsp3) is 0.771. The standard InChI is InChI=1S/C35H62O5/c1-3-5-7-9-11-13-15-17-18-20-22-24-26-28-30-35(38)40-33(31-36)32-39-34(37)29-27-25-23-21-19-16-14-12-10-8-6-4-2/h9,11-12,14-15,17,33,36H,3-8,10,13,16,18-32H2,1-2H3/b11-9+,14-12+,17-15+/t33-/m0/s1. The molecule has 0 saturated carbocycles. The topological polar surface area (TPSA) is 72.8 Å². The van der Waals surface area contributed by atoms with Crippen LogP contribution in [0.2, 0.25) is 0 Å². The fourth-order valence-electron chi connectivity index (χ4n) is 4.33. The molecule has 0 aliphatic carbocycles. The van der Waals surface area contributed by atoms with Gasteiger partial charge in [0.25, 0.3) is 0 Å². The molecule has 40 heavy (non-hydrogen) atoms. The summed E-state index contributed by atoms with van der Waals surface area (Å²) in [5, 5.41) is 9.49. The van der Waals surface area contributed by atoms with Crippen molar-refractivity contribution >= 4 is 11.9 Å². The van der Waals surface area contributed by atoms with Crippen molar-refractivity contribution in [2.24, 2.45) is 0 Å². The first-order valence-electron chi connectivity index (χ1n) is 16.5. The van der Waals surface area contributed by atoms with E-state index in [2.05, 4.69) is 50.3 Å². The van der Waals surface area contributed by atoms with Gasteiger partial charge in [-0.05, 0) is 64.2 Å². The zero-order valence-corrected chi connectivity index (χ0v) is 26.1. The molecule has 0 radical (unpaired) electrons. The van der Waals surface area contributed by atoms with Crippen LogP contribution in [0.15, 0.2) is 36.5 Å². The van der Waals surface area contributed by atoms with E-state index in [1.54, 1.807) is 0 Å². The number of aliphatic hydroxyl groups is 1. The van der Waals surface area contributed by atoms with Gasteiger partial charge < -0.3 is 14.6 Å². The average molecular weight is 563 g/mol. The van der Waals surface area contributed by atoms with Gasteiger partial charge >= 0.3 is 11.9 Å². The Morgan fingerprint density at radius 3 is 1.57 bits per heavy atom. The van der Waals surface area contributed by atoms with E-state index in [-0.39, 0.29) is 25.2 Å². The predicted octanol–water partition coefficient (Wildman–Crippen LogP) is 9.72. The first kappa shape index (κ1) is 38.1. The minimum Gasteiger partial charge on any atom is -0.462 e. The first-order chi connectivity index (χ1) is 19.6. The van der Waals surface area contributed by atoms with Crippen LogP contribution in [0, 0.1) is 0 Å². The molecule has 0 bridgehead atoms. The Morgan fingerprint density at radius 1 is 0.575 bits per heavy atom. The molecule has 0 saturated heterocycles. The molecule has 0 amide bonds. The van der Waals surface area contributed by atoms with Gasteiger partial charge in [-0.2, -0.15) is 0 Å². The summed E-state index contributed by atoms with van der Waals surface area (Å²) in [7, 11) is 0. The maximum atomic E-state index is 12.1. The van der Waals surface area contributed by atoms with E-state index in [0.717, 1.165) is 64.2 Å². The molecule has 5 heteroatoms. The molecule has 1 atom stereocenters. The number of esters is 2. The Bertz CT molecular complexity index is 652. The summed E-state index contributed by atoms with van der Waals surface area (Å²) in [6.45, 7) is 4.03. The average Bonchev–Trinajstić information content (AvgIpc) is 2.96. The molecule has 0 fully saturated rings. The van der Waals surface area contributed by atoms with Gasteiger partial charge in [-0.25, -0.2) is 0 Å². The number of carbonyl (C=O) groups excluding carboxylic acids is 2. The third-order valence-electron chi connectivity index (χ3n) is 6.91. The van der Waals surface area contributed by atoms with E-state index >= 15 is 0 Å². The Balaban J connectivity index is 3.64. The van der Waals surface area contributed by atoms with Crippen molar-refractivity contribution in [3.63, 3.8) is 0 Å². The first-order valence-corrected chi connectivity index (χ1v) is 16.5. The largest absolute Gasteiger partial charge is 0.462 e. The second kappa shape index (κ2) is 31.6. The highest BCUT2D eigenvalue weighted by molar-refractivity contribution is 5.70. The number of unbranched alkanes of at least 4 members (excludes halogenated alkanes) is 15. The van der Waals surface area contributed by atoms with Gasteiger partial charge in [-0.15, -0.1) is 0 Å². The number of hydrogen-bond donors (Lipinski definition) is 1. The van der Waals surface area contributed by atoms with Gasteiger partial charge in [0.2, 0.25) is 0 Å². The van der Waals surface area contributed by atoms with Crippen molar-refractivity contribution in [2.75, 3.05) is 13.2 Å². The molecule has 0 rings (SSSR count). The van der Waals surface area contributed by atoms with Crippen LogP contribution in [0.3, 0.4) is 0 Å². The number of ether oxygens (including phenoxy) is 2. The summed E-state index contributed by atoms with van der Waals surface area (Å²) in [6.07, 6.45) is 36.2. The second-order valence-corrected chi connectivity index (χ2v) is 10.9. The third kappa shape index (κ3) is 29.1. The smallest absolute Gasteiger partial charge is 0.306 e. The van der Waals surface area contributed by atoms with E-state index in [1.807, 2.05) is 0 Å². The van der Waals surface area contributed by atoms with Crippen molar-refractivity contribution in [1.29, 1.82) is 0 Å². The molecule has 1 N–H and O–H groups in total. The molecule has 0 aromatic heterocycles. The summed E-state index contributed by atoms with van der Waals surface area (Å²) < 4.78 is 10.5. The molecule has 0 aliphatic rings. The summed E-state index contributed by atoms with van der Waals surface area (Å²) in [6, 6.07) is 0. The number of rotatable bonds is 29. The van der Waals surface area contributed by atoms with E-state index in [0.29, 0.717) is 12.8 Å². The lowest BCUT2D eigenvalue weighted by Crippen LogP contribution is -2.28. The van der Waals surface area contributed by atoms with Crippen LogP contribution >= 0.6 is 0 Å². The molecule has 0 heterocycles. The van der Waals surface area contributed by atoms with Crippen LogP contribution in [-0.4, -0.2) is 36.4 Å². The summed E-state index contributed by atoms with van der Waals surface area (Å²) in [5.41, 5.74) is 0. The van der Waals surface area contributed by atoms with Gasteiger partial charge in [0, 0.05) is 12.8 Å². The number of allylic oxidation sites excluding steroid dienone is 6. The summed E-state index contributed by atoms with van der Waals surface area (Å²) in [5.74, 6) is -0.622. The molecule has 232 valence electrons. The van der Waals surface area contributed by atoms with Crippen LogP contribution in [0.25, 0.3) is 0 Å². The maximum absolute atomic E-state index is 12.1. The predicted molar refractivity (Wildman–Crippen MR) is 168 cm³/mol. The molecule has 5 nitrogen and oxygen atoms in total. The molecule has 0 unspecified atom stereocenters. The molecular formula is C35H62O5. The van der Waals surface area contributed by atoms with Crippen molar-refractivity contribution in [3.8, 4) is 0 Å². The number of carbonyl (C=O) groups is 2. The normalized spacial score (nSPS) is 12.6. The van der Waals surface area contributed by atoms with Crippen molar-refractivity contribution in [3.05, 3.63) is 36.5 Å². The Kier molecular flexibility index (Phi) is 30.2. The van der Waals surface area contributed by atoms with Crippen molar-refractivity contribution in [2.45, 2.75) is 161 Å². The molecule has 0 aliphatic heterocycles. The zero-order valence-electron chi connectivity index (χ0n) is 26.1. The Labute approximate surface area is 246 Å². The molecule has 0 aromatic carbocycles. The van der Waals surface area contributed by atoms with Gasteiger partial charge in [0.1, 0.15) is 6.61 Å². The molecule has 0 aromatic rings. The van der Waals surface area contributed by atoms with E-state index in [9.17, 15) is 14.7 Å². The van der Waals surface area contributed by atoms with Crippen LogP contribution < -0.4 is 0 Å². The third-order valence-corrected chi connectivity index (χ3v) is 6.91. The fourth-order valence-corrected chi connectivity index (χ4v) is 4.33. The van der Waals surface area contributed by atoms with E-state index < -0.39 is 6.10 Å². The summed E-state index contributed by atoms with van der Waals surface area (Å²) >= 11 is 0. The molecular weight excluding hydrogens is 500 g/mol. The summed E-state index contributed by atoms with van der Waals surface area (Å²) in [4.78, 5) is 24.1. The highest BCUT2D eigenvalue weighted by Gasteiger charge is 2.16. The number of aliphatic hydroxyl groups excluding tert-OH is 1. The zero-order chi connectivity index (χ0) is 29.4. The second-order valence-electron chi connectivity index (χ2n) is 10.9. The van der Waals surface area contributed by atoms with Crippen LogP contribution in [0.5, 0.6) is 0 Å². The Morgan fingerprint density at radius 2 is 1.02 bits per heavy atom. The highest BCUT2D eigenvalue weighted by atomic mass is 16.6. The van der Waals surface area contributed by atoms with Gasteiger partial charge in [0.05, 0.1) is 6.61 Å². The van der Waals surface area contributed by atoms with Crippen molar-refractivity contribution < 1.29 is 24.2 Å². The minimum atomic E-state index is -0.778. The van der Waals surface area contributed by atoms with Crippen molar-refractivity contribution in [1.82, 2.24) is 0 Å². The number of hydrogen-bond acceptors (Lipinski definition) is 5. The highest BCUT2D eigenvalue weighted by Crippen LogP contribution is 2.11.